The fraction of sp³-hybridized carbons (Fsp3) is 0.0909. The van der Waals surface area contributed by atoms with E-state index in [0.29, 0.717) is 22.4 Å². The van der Waals surface area contributed by atoms with Crippen molar-refractivity contribution in [1.82, 2.24) is 20.3 Å². The van der Waals surface area contributed by atoms with Gasteiger partial charge in [-0.05, 0) is 48.6 Å². The second-order valence-electron chi connectivity index (χ2n) is 6.58. The molecule has 2 heterocycles. The Morgan fingerprint density at radius 2 is 1.93 bits per heavy atom. The summed E-state index contributed by atoms with van der Waals surface area (Å²) in [5, 5.41) is 21.5. The van der Waals surface area contributed by atoms with Crippen LogP contribution in [0.15, 0.2) is 78.4 Å². The SMILES string of the molecule is CN/C=C1/C=C(N(C)c2ccc(Oc3nc(O)c4ccncc4n3)cc2)C=CC1=N. The molecule has 0 aliphatic heterocycles. The molecule has 8 nitrogen and oxygen atoms in total. The Hall–Kier alpha value is -4.20. The first-order valence-electron chi connectivity index (χ1n) is 9.23. The van der Waals surface area contributed by atoms with Crippen molar-refractivity contribution in [1.29, 1.82) is 5.41 Å². The van der Waals surface area contributed by atoms with Gasteiger partial charge in [0.05, 0.1) is 22.8 Å². The number of nitrogens with zero attached hydrogens (tertiary/aromatic N) is 4. The van der Waals surface area contributed by atoms with E-state index in [0.717, 1.165) is 17.0 Å². The lowest BCUT2D eigenvalue weighted by Crippen LogP contribution is -2.18. The molecule has 1 aromatic carbocycles. The van der Waals surface area contributed by atoms with Crippen LogP contribution in [0.2, 0.25) is 0 Å². The molecule has 8 heteroatoms. The summed E-state index contributed by atoms with van der Waals surface area (Å²) in [4.78, 5) is 14.3. The summed E-state index contributed by atoms with van der Waals surface area (Å²) in [6.45, 7) is 0. The summed E-state index contributed by atoms with van der Waals surface area (Å²) in [5.41, 5.74) is 3.67. The minimum absolute atomic E-state index is 0.0485. The quantitative estimate of drug-likeness (QED) is 0.601. The van der Waals surface area contributed by atoms with Gasteiger partial charge in [-0.2, -0.15) is 9.97 Å². The lowest BCUT2D eigenvalue weighted by atomic mass is 10.0. The Labute approximate surface area is 173 Å². The minimum Gasteiger partial charge on any atom is -0.493 e. The number of aromatic nitrogens is 3. The number of aromatic hydroxyl groups is 1. The number of nitrogens with one attached hydrogen (secondary N) is 2. The first kappa shape index (κ1) is 19.1. The third-order valence-electron chi connectivity index (χ3n) is 4.61. The number of hydrogen-bond donors (Lipinski definition) is 3. The summed E-state index contributed by atoms with van der Waals surface area (Å²) in [7, 11) is 3.76. The van der Waals surface area contributed by atoms with Gasteiger partial charge < -0.3 is 25.5 Å². The zero-order valence-corrected chi connectivity index (χ0v) is 16.5. The van der Waals surface area contributed by atoms with Gasteiger partial charge in [-0.15, -0.1) is 0 Å². The van der Waals surface area contributed by atoms with E-state index < -0.39 is 0 Å². The predicted octanol–water partition coefficient (Wildman–Crippen LogP) is 3.54. The van der Waals surface area contributed by atoms with E-state index in [4.69, 9.17) is 10.1 Å². The number of benzene rings is 1. The molecule has 0 radical (unpaired) electrons. The molecule has 0 bridgehead atoms. The van der Waals surface area contributed by atoms with Gasteiger partial charge in [0.2, 0.25) is 5.88 Å². The lowest BCUT2D eigenvalue weighted by Gasteiger charge is -2.23. The normalized spacial score (nSPS) is 14.7. The Bertz CT molecular complexity index is 1200. The molecule has 4 rings (SSSR count). The van der Waals surface area contributed by atoms with Crippen molar-refractivity contribution in [2.24, 2.45) is 0 Å². The number of fused-ring (bicyclic) bond motifs is 1. The molecule has 1 aliphatic carbocycles. The number of anilines is 1. The predicted molar refractivity (Wildman–Crippen MR) is 116 cm³/mol. The van der Waals surface area contributed by atoms with E-state index in [-0.39, 0.29) is 11.9 Å². The van der Waals surface area contributed by atoms with Crippen LogP contribution in [-0.4, -0.2) is 39.9 Å². The maximum absolute atomic E-state index is 10.1. The first-order chi connectivity index (χ1) is 14.5. The number of pyridine rings is 1. The Morgan fingerprint density at radius 1 is 1.13 bits per heavy atom. The van der Waals surface area contributed by atoms with E-state index in [9.17, 15) is 5.11 Å². The maximum Gasteiger partial charge on any atom is 0.325 e. The van der Waals surface area contributed by atoms with Crippen molar-refractivity contribution in [2.75, 3.05) is 19.0 Å². The second kappa shape index (κ2) is 8.04. The summed E-state index contributed by atoms with van der Waals surface area (Å²) in [6, 6.07) is 9.12. The van der Waals surface area contributed by atoms with Gasteiger partial charge in [0, 0.05) is 43.4 Å². The topological polar surface area (TPSA) is 107 Å². The molecule has 3 N–H and O–H groups in total. The van der Waals surface area contributed by atoms with Crippen LogP contribution in [0.25, 0.3) is 10.9 Å². The monoisotopic (exact) mass is 400 g/mol. The van der Waals surface area contributed by atoms with Crippen molar-refractivity contribution in [2.45, 2.75) is 0 Å². The van der Waals surface area contributed by atoms with Crippen LogP contribution < -0.4 is 15.0 Å². The molecule has 0 spiro atoms. The first-order valence-corrected chi connectivity index (χ1v) is 9.23. The van der Waals surface area contributed by atoms with Crippen LogP contribution in [0.3, 0.4) is 0 Å². The van der Waals surface area contributed by atoms with E-state index >= 15 is 0 Å². The molecule has 3 aromatic rings. The number of likely N-dealkylation sites (N-methyl/N-ethyl adjacent to an activating group) is 1. The van der Waals surface area contributed by atoms with E-state index in [1.165, 1.54) is 0 Å². The molecule has 0 saturated heterocycles. The Morgan fingerprint density at radius 3 is 2.70 bits per heavy atom. The zero-order chi connectivity index (χ0) is 21.1. The van der Waals surface area contributed by atoms with Crippen molar-refractivity contribution >= 4 is 22.3 Å². The highest BCUT2D eigenvalue weighted by Crippen LogP contribution is 2.28. The molecule has 0 unspecified atom stereocenters. The van der Waals surface area contributed by atoms with Gasteiger partial charge in [0.15, 0.2) is 0 Å². The van der Waals surface area contributed by atoms with Crippen molar-refractivity contribution in [3.8, 4) is 17.6 Å². The van der Waals surface area contributed by atoms with E-state index in [2.05, 4.69) is 20.3 Å². The van der Waals surface area contributed by atoms with Gasteiger partial charge in [0.1, 0.15) is 5.75 Å². The Kier molecular flexibility index (Phi) is 5.13. The lowest BCUT2D eigenvalue weighted by molar-refractivity contribution is 0.412. The third kappa shape index (κ3) is 3.83. The molecule has 2 aromatic heterocycles. The van der Waals surface area contributed by atoms with E-state index in [1.54, 1.807) is 42.9 Å². The average molecular weight is 400 g/mol. The largest absolute Gasteiger partial charge is 0.493 e. The minimum atomic E-state index is -0.152. The Balaban J connectivity index is 1.53. The van der Waals surface area contributed by atoms with Gasteiger partial charge in [-0.3, -0.25) is 4.98 Å². The highest BCUT2D eigenvalue weighted by molar-refractivity contribution is 6.10. The standard InChI is InChI=1S/C22H20N6O2/c1-24-12-14-11-16(5-8-19(14)23)28(2)15-3-6-17(7-4-15)30-22-26-20-13-25-10-9-18(20)21(29)27-22/h3-13,23-24H,1-2H3,(H,26,27,29)/b14-12-,23-19?. The molecule has 0 amide bonds. The molecule has 0 atom stereocenters. The molecule has 30 heavy (non-hydrogen) atoms. The average Bonchev–Trinajstić information content (AvgIpc) is 2.75. The van der Waals surface area contributed by atoms with Crippen LogP contribution in [0.5, 0.6) is 17.6 Å². The molecular formula is C22H20N6O2. The molecule has 0 fully saturated rings. The number of rotatable bonds is 5. The van der Waals surface area contributed by atoms with Crippen LogP contribution >= 0.6 is 0 Å². The van der Waals surface area contributed by atoms with Gasteiger partial charge in [-0.25, -0.2) is 0 Å². The van der Waals surface area contributed by atoms with E-state index in [1.807, 2.05) is 43.3 Å². The van der Waals surface area contributed by atoms with Gasteiger partial charge >= 0.3 is 6.01 Å². The number of allylic oxidation sites excluding steroid dienone is 4. The summed E-state index contributed by atoms with van der Waals surface area (Å²) < 4.78 is 5.71. The number of hydrogen-bond acceptors (Lipinski definition) is 8. The molecule has 1 aliphatic rings. The third-order valence-corrected chi connectivity index (χ3v) is 4.61. The van der Waals surface area contributed by atoms with Crippen molar-refractivity contribution in [3.05, 3.63) is 78.4 Å². The van der Waals surface area contributed by atoms with Gasteiger partial charge in [-0.1, -0.05) is 0 Å². The van der Waals surface area contributed by atoms with Crippen molar-refractivity contribution in [3.63, 3.8) is 0 Å². The second-order valence-corrected chi connectivity index (χ2v) is 6.58. The maximum atomic E-state index is 10.1. The molecule has 0 saturated carbocycles. The highest BCUT2D eigenvalue weighted by Gasteiger charge is 2.13. The fourth-order valence-corrected chi connectivity index (χ4v) is 3.01. The summed E-state index contributed by atoms with van der Waals surface area (Å²) >= 11 is 0. The van der Waals surface area contributed by atoms with Crippen LogP contribution in [-0.2, 0) is 0 Å². The summed E-state index contributed by atoms with van der Waals surface area (Å²) in [5.74, 6) is 0.390. The highest BCUT2D eigenvalue weighted by atomic mass is 16.5. The van der Waals surface area contributed by atoms with Crippen LogP contribution in [0.1, 0.15) is 0 Å². The summed E-state index contributed by atoms with van der Waals surface area (Å²) in [6.07, 6.45) is 10.5. The zero-order valence-electron chi connectivity index (χ0n) is 16.5. The number of ether oxygens (including phenoxy) is 1. The van der Waals surface area contributed by atoms with Gasteiger partial charge in [0.25, 0.3) is 0 Å². The van der Waals surface area contributed by atoms with Crippen molar-refractivity contribution < 1.29 is 9.84 Å². The molecular weight excluding hydrogens is 380 g/mol. The van der Waals surface area contributed by atoms with Crippen LogP contribution in [0.4, 0.5) is 5.69 Å². The van der Waals surface area contributed by atoms with Crippen LogP contribution in [0, 0.1) is 5.41 Å². The fourth-order valence-electron chi connectivity index (χ4n) is 3.01. The molecule has 150 valence electrons. The smallest absolute Gasteiger partial charge is 0.325 e.